The fraction of sp³-hybridized carbons (Fsp3) is 0.769. The molecule has 0 bridgehead atoms. The van der Waals surface area contributed by atoms with Crippen molar-refractivity contribution in [2.24, 2.45) is 0 Å². The minimum absolute atomic E-state index is 0.0118. The second-order valence-corrected chi connectivity index (χ2v) is 8.45. The smallest absolute Gasteiger partial charge is 0.306 e. The van der Waals surface area contributed by atoms with Gasteiger partial charge in [-0.2, -0.15) is 0 Å². The molecule has 0 unspecified atom stereocenters. The largest absolute Gasteiger partial charge is 0.462 e. The topological polar surface area (TPSA) is 149 Å². The van der Waals surface area contributed by atoms with Crippen molar-refractivity contribution in [1.82, 2.24) is 0 Å². The van der Waals surface area contributed by atoms with Crippen LogP contribution in [0.5, 0.6) is 0 Å². The van der Waals surface area contributed by atoms with Gasteiger partial charge in [0.05, 0.1) is 0 Å². The molecular weight excluding hydrogens is 488 g/mol. The van der Waals surface area contributed by atoms with Gasteiger partial charge in [0.15, 0.2) is 18.8 Å². The van der Waals surface area contributed by atoms with E-state index in [-0.39, 0.29) is 32.1 Å². The number of hydrogen-bond donors (Lipinski definition) is 0. The summed E-state index contributed by atoms with van der Waals surface area (Å²) in [7, 11) is 0. The van der Waals surface area contributed by atoms with Crippen LogP contribution >= 0.6 is 0 Å². The van der Waals surface area contributed by atoms with Gasteiger partial charge in [0.1, 0.15) is 6.61 Å². The Bertz CT molecular complexity index is 747. The van der Waals surface area contributed by atoms with Crippen molar-refractivity contribution in [2.75, 3.05) is 13.2 Å². The zero-order chi connectivity index (χ0) is 28.2. The van der Waals surface area contributed by atoms with Crippen LogP contribution in [0.2, 0.25) is 0 Å². The van der Waals surface area contributed by atoms with Crippen LogP contribution < -0.4 is 0 Å². The average molecular weight is 531 g/mol. The maximum atomic E-state index is 13.1. The molecule has 0 radical (unpaired) electrons. The maximum Gasteiger partial charge on any atom is 0.306 e. The lowest BCUT2D eigenvalue weighted by molar-refractivity contribution is -0.194. The number of hydrogen-bond acceptors (Lipinski definition) is 11. The summed E-state index contributed by atoms with van der Waals surface area (Å²) in [6, 6.07) is 0. The van der Waals surface area contributed by atoms with E-state index in [1.807, 2.05) is 0 Å². The van der Waals surface area contributed by atoms with Crippen LogP contribution in [-0.4, -0.2) is 67.2 Å². The van der Waals surface area contributed by atoms with E-state index < -0.39 is 67.2 Å². The third-order valence-corrected chi connectivity index (χ3v) is 4.85. The fourth-order valence-electron chi connectivity index (χ4n) is 3.06. The van der Waals surface area contributed by atoms with Gasteiger partial charge >= 0.3 is 29.8 Å². The molecule has 0 aliphatic carbocycles. The Morgan fingerprint density at radius 2 is 0.919 bits per heavy atom. The lowest BCUT2D eigenvalue weighted by Gasteiger charge is -2.31. The molecule has 0 aromatic carbocycles. The summed E-state index contributed by atoms with van der Waals surface area (Å²) in [4.78, 5) is 74.3. The minimum Gasteiger partial charge on any atom is -0.462 e. The Kier molecular flexibility index (Phi) is 18.5. The second-order valence-electron chi connectivity index (χ2n) is 8.45. The number of esters is 5. The van der Waals surface area contributed by atoms with Crippen molar-refractivity contribution in [2.45, 2.75) is 117 Å². The molecule has 0 fully saturated rings. The number of carbonyl (C=O) groups excluding carboxylic acids is 6. The van der Waals surface area contributed by atoms with Gasteiger partial charge in [-0.25, -0.2) is 0 Å². The lowest BCUT2D eigenvalue weighted by Crippen LogP contribution is -2.52. The van der Waals surface area contributed by atoms with Gasteiger partial charge in [-0.3, -0.25) is 28.8 Å². The summed E-state index contributed by atoms with van der Waals surface area (Å²) in [5, 5.41) is 0. The van der Waals surface area contributed by atoms with Crippen LogP contribution in [-0.2, 0) is 52.5 Å². The first-order valence-electron chi connectivity index (χ1n) is 13.1. The molecule has 37 heavy (non-hydrogen) atoms. The van der Waals surface area contributed by atoms with Crippen molar-refractivity contribution in [3.63, 3.8) is 0 Å². The van der Waals surface area contributed by atoms with Gasteiger partial charge in [0.25, 0.3) is 0 Å². The molecule has 0 aliphatic heterocycles. The molecule has 0 aromatic rings. The highest BCUT2D eigenvalue weighted by Gasteiger charge is 2.43. The van der Waals surface area contributed by atoms with Crippen LogP contribution in [0, 0.1) is 0 Å². The van der Waals surface area contributed by atoms with Gasteiger partial charge in [-0.15, -0.1) is 0 Å². The SMILES string of the molecule is CCCC(=O)OCC(=O)[C@@H](OC(=O)CCC)[C@H](OC(=O)CCC)[C@@H](COC(=O)CCC)OC(=O)CCC. The monoisotopic (exact) mass is 530 g/mol. The molecule has 212 valence electrons. The van der Waals surface area contributed by atoms with E-state index in [9.17, 15) is 28.8 Å². The Balaban J connectivity index is 6.28. The van der Waals surface area contributed by atoms with Crippen molar-refractivity contribution >= 4 is 35.6 Å². The van der Waals surface area contributed by atoms with Crippen LogP contribution in [0.1, 0.15) is 98.8 Å². The highest BCUT2D eigenvalue weighted by molar-refractivity contribution is 5.89. The van der Waals surface area contributed by atoms with E-state index in [1.54, 1.807) is 34.6 Å². The Hall–Kier alpha value is -2.98. The number of ether oxygens (including phenoxy) is 5. The molecule has 0 aromatic heterocycles. The van der Waals surface area contributed by atoms with Crippen molar-refractivity contribution < 1.29 is 52.5 Å². The molecule has 0 saturated heterocycles. The van der Waals surface area contributed by atoms with Crippen LogP contribution in [0.15, 0.2) is 0 Å². The summed E-state index contributed by atoms with van der Waals surface area (Å²) < 4.78 is 26.5. The summed E-state index contributed by atoms with van der Waals surface area (Å²) in [6.07, 6.45) is -2.45. The number of carbonyl (C=O) groups is 6. The number of rotatable bonds is 20. The van der Waals surface area contributed by atoms with E-state index in [4.69, 9.17) is 23.7 Å². The van der Waals surface area contributed by atoms with Gasteiger partial charge in [-0.05, 0) is 32.1 Å². The Morgan fingerprint density at radius 1 is 0.514 bits per heavy atom. The number of ketones is 1. The predicted molar refractivity (Wildman–Crippen MR) is 131 cm³/mol. The summed E-state index contributed by atoms with van der Waals surface area (Å²) in [5.74, 6) is -4.28. The first-order chi connectivity index (χ1) is 17.6. The Labute approximate surface area is 218 Å². The predicted octanol–water partition coefficient (Wildman–Crippen LogP) is 3.38. The average Bonchev–Trinajstić information content (AvgIpc) is 2.83. The molecule has 0 N–H and O–H groups in total. The third-order valence-electron chi connectivity index (χ3n) is 4.85. The molecule has 0 aliphatic rings. The van der Waals surface area contributed by atoms with Gasteiger partial charge < -0.3 is 23.7 Å². The maximum absolute atomic E-state index is 13.1. The van der Waals surface area contributed by atoms with E-state index in [0.29, 0.717) is 32.1 Å². The summed E-state index contributed by atoms with van der Waals surface area (Å²) >= 11 is 0. The molecule has 0 spiro atoms. The minimum atomic E-state index is -1.77. The van der Waals surface area contributed by atoms with Crippen molar-refractivity contribution in [3.05, 3.63) is 0 Å². The zero-order valence-corrected chi connectivity index (χ0v) is 22.7. The van der Waals surface area contributed by atoms with Crippen molar-refractivity contribution in [1.29, 1.82) is 0 Å². The van der Waals surface area contributed by atoms with Crippen LogP contribution in [0.4, 0.5) is 0 Å². The first kappa shape index (κ1) is 34.0. The van der Waals surface area contributed by atoms with E-state index >= 15 is 0 Å². The summed E-state index contributed by atoms with van der Waals surface area (Å²) in [6.45, 7) is 7.46. The lowest BCUT2D eigenvalue weighted by atomic mass is 10.0. The molecule has 0 heterocycles. The molecule has 0 saturated carbocycles. The molecule has 11 heteroatoms. The first-order valence-corrected chi connectivity index (χ1v) is 13.1. The molecule has 3 atom stereocenters. The Morgan fingerprint density at radius 3 is 1.41 bits per heavy atom. The van der Waals surface area contributed by atoms with Gasteiger partial charge in [0.2, 0.25) is 11.9 Å². The van der Waals surface area contributed by atoms with E-state index in [1.165, 1.54) is 0 Å². The standard InChI is InChI=1S/C26H42O11/c1-6-11-20(28)33-16-18(27)25(36-23(31)14-9-4)26(37-24(32)15-10-5)19(35-22(30)13-8-3)17-34-21(29)12-7-2/h19,25-26H,6-17H2,1-5H3/t19-,25-,26-/m1/s1. The third kappa shape index (κ3) is 15.0. The van der Waals surface area contributed by atoms with Crippen LogP contribution in [0.3, 0.4) is 0 Å². The fourth-order valence-corrected chi connectivity index (χ4v) is 3.06. The van der Waals surface area contributed by atoms with Gasteiger partial charge in [0, 0.05) is 32.1 Å². The molecular formula is C26H42O11. The molecule has 0 rings (SSSR count). The van der Waals surface area contributed by atoms with Crippen LogP contribution in [0.25, 0.3) is 0 Å². The summed E-state index contributed by atoms with van der Waals surface area (Å²) in [5.41, 5.74) is 0. The van der Waals surface area contributed by atoms with Gasteiger partial charge in [-0.1, -0.05) is 34.6 Å². The van der Waals surface area contributed by atoms with Crippen molar-refractivity contribution in [3.8, 4) is 0 Å². The zero-order valence-electron chi connectivity index (χ0n) is 22.7. The molecule has 11 nitrogen and oxygen atoms in total. The molecule has 0 amide bonds. The highest BCUT2D eigenvalue weighted by Crippen LogP contribution is 2.19. The normalized spacial score (nSPS) is 13.0. The second kappa shape index (κ2) is 20.1. The van der Waals surface area contributed by atoms with E-state index in [2.05, 4.69) is 0 Å². The number of Topliss-reactive ketones (excluding diaryl/α,β-unsaturated/α-hetero) is 1. The highest BCUT2D eigenvalue weighted by atomic mass is 16.6. The quantitative estimate of drug-likeness (QED) is 0.168. The van der Waals surface area contributed by atoms with E-state index in [0.717, 1.165) is 0 Å².